The van der Waals surface area contributed by atoms with Crippen LogP contribution in [0.1, 0.15) is 11.1 Å². The third kappa shape index (κ3) is 3.49. The number of benzene rings is 2. The van der Waals surface area contributed by atoms with Gasteiger partial charge in [0.2, 0.25) is 10.0 Å². The monoisotopic (exact) mass is 392 g/mol. The Morgan fingerprint density at radius 1 is 1.22 bits per heavy atom. The maximum absolute atomic E-state index is 13.0. The van der Waals surface area contributed by atoms with Gasteiger partial charge in [0.1, 0.15) is 11.8 Å². The lowest BCUT2D eigenvalue weighted by Gasteiger charge is -2.33. The molecule has 0 fully saturated rings. The Kier molecular flexibility index (Phi) is 4.85. The summed E-state index contributed by atoms with van der Waals surface area (Å²) in [6.07, 6.45) is -0.151. The number of carboxylic acids is 1. The minimum Gasteiger partial charge on any atom is -0.497 e. The van der Waals surface area contributed by atoms with Crippen molar-refractivity contribution < 1.29 is 28.0 Å². The van der Waals surface area contributed by atoms with Crippen molar-refractivity contribution >= 4 is 21.7 Å². The van der Waals surface area contributed by atoms with Crippen LogP contribution in [-0.4, -0.2) is 41.9 Å². The van der Waals surface area contributed by atoms with Crippen LogP contribution in [0.15, 0.2) is 47.4 Å². The van der Waals surface area contributed by atoms with E-state index in [4.69, 9.17) is 4.74 Å². The van der Waals surface area contributed by atoms with E-state index in [1.165, 1.54) is 49.6 Å². The van der Waals surface area contributed by atoms with Crippen LogP contribution in [0.3, 0.4) is 0 Å². The third-order valence-corrected chi connectivity index (χ3v) is 6.31. The second kappa shape index (κ2) is 6.97. The fraction of sp³-hybridized carbons (Fsp3) is 0.235. The Morgan fingerprint density at radius 3 is 2.44 bits per heavy atom. The Morgan fingerprint density at radius 2 is 1.89 bits per heavy atom. The first-order chi connectivity index (χ1) is 12.7. The van der Waals surface area contributed by atoms with Crippen molar-refractivity contribution in [1.29, 1.82) is 0 Å². The fourth-order valence-corrected chi connectivity index (χ4v) is 4.56. The number of nitro benzene ring substituents is 1. The highest BCUT2D eigenvalue weighted by Crippen LogP contribution is 2.31. The van der Waals surface area contributed by atoms with Gasteiger partial charge in [0.15, 0.2) is 0 Å². The molecule has 9 nitrogen and oxygen atoms in total. The van der Waals surface area contributed by atoms with Gasteiger partial charge >= 0.3 is 5.97 Å². The molecule has 27 heavy (non-hydrogen) atoms. The van der Waals surface area contributed by atoms with Crippen molar-refractivity contribution in [2.75, 3.05) is 7.11 Å². The highest BCUT2D eigenvalue weighted by molar-refractivity contribution is 7.89. The van der Waals surface area contributed by atoms with Crippen molar-refractivity contribution in [3.05, 3.63) is 63.7 Å². The molecule has 0 amide bonds. The van der Waals surface area contributed by atoms with Crippen LogP contribution in [0.2, 0.25) is 0 Å². The molecule has 1 N–H and O–H groups in total. The molecule has 0 bridgehead atoms. The molecule has 0 spiro atoms. The number of nitrogens with zero attached hydrogens (tertiary/aromatic N) is 2. The number of aliphatic carboxylic acids is 1. The van der Waals surface area contributed by atoms with Gasteiger partial charge < -0.3 is 9.84 Å². The summed E-state index contributed by atoms with van der Waals surface area (Å²) in [4.78, 5) is 22.0. The number of fused-ring (bicyclic) bond motifs is 1. The van der Waals surface area contributed by atoms with Gasteiger partial charge in [0.25, 0.3) is 5.69 Å². The quantitative estimate of drug-likeness (QED) is 0.607. The number of rotatable bonds is 5. The first-order valence-electron chi connectivity index (χ1n) is 7.89. The lowest BCUT2D eigenvalue weighted by Crippen LogP contribution is -2.48. The van der Waals surface area contributed by atoms with Gasteiger partial charge in [-0.25, -0.2) is 8.42 Å². The van der Waals surface area contributed by atoms with E-state index >= 15 is 0 Å². The zero-order valence-corrected chi connectivity index (χ0v) is 15.0. The number of ether oxygens (including phenoxy) is 1. The number of hydrogen-bond acceptors (Lipinski definition) is 6. The molecule has 10 heteroatoms. The van der Waals surface area contributed by atoms with E-state index in [9.17, 15) is 28.4 Å². The van der Waals surface area contributed by atoms with Crippen molar-refractivity contribution in [2.45, 2.75) is 23.9 Å². The number of carbonyl (C=O) groups is 1. The van der Waals surface area contributed by atoms with Crippen molar-refractivity contribution in [1.82, 2.24) is 4.31 Å². The molecule has 1 heterocycles. The Labute approximate surface area is 155 Å². The van der Waals surface area contributed by atoms with Crippen molar-refractivity contribution in [3.8, 4) is 5.75 Å². The second-order valence-electron chi connectivity index (χ2n) is 5.99. The average Bonchev–Trinajstić information content (AvgIpc) is 2.66. The van der Waals surface area contributed by atoms with Crippen molar-refractivity contribution in [3.63, 3.8) is 0 Å². The molecule has 1 aliphatic rings. The normalized spacial score (nSPS) is 17.1. The Balaban J connectivity index is 2.02. The van der Waals surface area contributed by atoms with Gasteiger partial charge in [0.05, 0.1) is 16.9 Å². The zero-order chi connectivity index (χ0) is 19.8. The van der Waals surface area contributed by atoms with Crippen LogP contribution in [-0.2, 0) is 27.8 Å². The lowest BCUT2D eigenvalue weighted by molar-refractivity contribution is -0.384. The number of non-ortho nitro benzene ring substituents is 1. The molecule has 2 aromatic carbocycles. The van der Waals surface area contributed by atoms with E-state index in [1.807, 2.05) is 0 Å². The predicted molar refractivity (Wildman–Crippen MR) is 93.9 cm³/mol. The van der Waals surface area contributed by atoms with Crippen LogP contribution in [0.4, 0.5) is 5.69 Å². The first-order valence-corrected chi connectivity index (χ1v) is 9.33. The summed E-state index contributed by atoms with van der Waals surface area (Å²) in [5.74, 6) is -0.843. The highest BCUT2D eigenvalue weighted by Gasteiger charge is 2.40. The fourth-order valence-electron chi connectivity index (χ4n) is 3.00. The van der Waals surface area contributed by atoms with Gasteiger partial charge in [-0.05, 0) is 35.4 Å². The van der Waals surface area contributed by atoms with E-state index in [0.29, 0.717) is 16.9 Å². The molecule has 0 aliphatic carbocycles. The number of carboxylic acid groups (broad SMARTS) is 1. The van der Waals surface area contributed by atoms with Gasteiger partial charge in [-0.3, -0.25) is 14.9 Å². The maximum Gasteiger partial charge on any atom is 0.322 e. The Hall–Kier alpha value is -2.98. The number of sulfonamides is 1. The summed E-state index contributed by atoms with van der Waals surface area (Å²) in [5, 5.41) is 20.5. The van der Waals surface area contributed by atoms with Crippen LogP contribution in [0.5, 0.6) is 5.75 Å². The van der Waals surface area contributed by atoms with Crippen molar-refractivity contribution in [2.24, 2.45) is 0 Å². The third-order valence-electron chi connectivity index (χ3n) is 4.44. The van der Waals surface area contributed by atoms with E-state index in [0.717, 1.165) is 4.31 Å². The van der Waals surface area contributed by atoms with E-state index < -0.39 is 27.0 Å². The number of nitro groups is 1. The predicted octanol–water partition coefficient (Wildman–Crippen LogP) is 1.80. The highest BCUT2D eigenvalue weighted by atomic mass is 32.2. The molecule has 2 aromatic rings. The van der Waals surface area contributed by atoms with E-state index in [-0.39, 0.29) is 23.5 Å². The van der Waals surface area contributed by atoms with Gasteiger partial charge in [-0.1, -0.05) is 6.07 Å². The minimum absolute atomic E-state index is 0.0556. The molecule has 0 saturated heterocycles. The summed E-state index contributed by atoms with van der Waals surface area (Å²) in [7, 11) is -2.64. The molecule has 0 unspecified atom stereocenters. The molecular formula is C17H16N2O7S. The minimum atomic E-state index is -4.09. The van der Waals surface area contributed by atoms with Crippen LogP contribution in [0.25, 0.3) is 0 Å². The lowest BCUT2D eigenvalue weighted by atomic mass is 9.95. The molecule has 0 saturated carbocycles. The SMILES string of the molecule is COc1ccc(S(=O)(=O)N2Cc3ccc([N+](=O)[O-])cc3C[C@@H]2C(=O)O)cc1. The van der Waals surface area contributed by atoms with Crippen LogP contribution < -0.4 is 4.74 Å². The standard InChI is InChI=1S/C17H16N2O7S/c1-26-14-4-6-15(7-5-14)27(24,25)18-10-11-2-3-13(19(22)23)8-12(11)9-16(18)17(20)21/h2-8,16H,9-10H2,1H3,(H,20,21)/t16-/m1/s1. The molecule has 3 rings (SSSR count). The van der Waals surface area contributed by atoms with Crippen LogP contribution in [0, 0.1) is 10.1 Å². The number of hydrogen-bond donors (Lipinski definition) is 1. The summed E-state index contributed by atoms with van der Waals surface area (Å²) in [5.41, 5.74) is 0.831. The second-order valence-corrected chi connectivity index (χ2v) is 7.88. The summed E-state index contributed by atoms with van der Waals surface area (Å²) in [6, 6.07) is 8.32. The van der Waals surface area contributed by atoms with Gasteiger partial charge in [0, 0.05) is 25.1 Å². The number of methoxy groups -OCH3 is 1. The van der Waals surface area contributed by atoms with Gasteiger partial charge in [-0.2, -0.15) is 4.31 Å². The first kappa shape index (κ1) is 18.8. The zero-order valence-electron chi connectivity index (χ0n) is 14.2. The van der Waals surface area contributed by atoms with Crippen LogP contribution >= 0.6 is 0 Å². The molecule has 0 radical (unpaired) electrons. The molecule has 0 aromatic heterocycles. The summed E-state index contributed by atoms with van der Waals surface area (Å²) < 4.78 is 31.9. The smallest absolute Gasteiger partial charge is 0.322 e. The van der Waals surface area contributed by atoms with E-state index in [2.05, 4.69) is 0 Å². The molecule has 1 atom stereocenters. The van der Waals surface area contributed by atoms with Gasteiger partial charge in [-0.15, -0.1) is 0 Å². The van der Waals surface area contributed by atoms with E-state index in [1.54, 1.807) is 0 Å². The maximum atomic E-state index is 13.0. The summed E-state index contributed by atoms with van der Waals surface area (Å²) >= 11 is 0. The Bertz CT molecular complexity index is 1000. The average molecular weight is 392 g/mol. The topological polar surface area (TPSA) is 127 Å². The molecule has 142 valence electrons. The largest absolute Gasteiger partial charge is 0.497 e. The molecule has 1 aliphatic heterocycles. The molecular weight excluding hydrogens is 376 g/mol. The summed E-state index contributed by atoms with van der Waals surface area (Å²) in [6.45, 7) is -0.182.